The molecule has 0 aliphatic heterocycles. The number of nitrogens with one attached hydrogen (secondary N) is 1. The van der Waals surface area contributed by atoms with Gasteiger partial charge in [-0.25, -0.2) is 0 Å². The molecule has 0 heterocycles. The molecule has 0 spiro atoms. The van der Waals surface area contributed by atoms with Crippen molar-refractivity contribution in [3.05, 3.63) is 0 Å². The molecule has 0 saturated carbocycles. The van der Waals surface area contributed by atoms with Gasteiger partial charge in [-0.1, -0.05) is 0 Å². The minimum atomic E-state index is -4.15. The number of carbonyl (C=O) groups excluding carboxylic acids is 1. The molecule has 0 fully saturated rings. The van der Waals surface area contributed by atoms with E-state index in [0.29, 0.717) is 6.29 Å². The number of aliphatic hydroxyl groups excluding tert-OH is 1. The van der Waals surface area contributed by atoms with Gasteiger partial charge in [0.1, 0.15) is 6.29 Å². The van der Waals surface area contributed by atoms with Gasteiger partial charge in [-0.2, -0.15) is 0 Å². The Morgan fingerprint density at radius 1 is 1.58 bits per heavy atom. The number of hydrogen-bond acceptors (Lipinski definition) is 4. The fourth-order valence-electron chi connectivity index (χ4n) is 0.557. The highest BCUT2D eigenvalue weighted by Crippen LogP contribution is 2.32. The smallest absolute Gasteiger partial charge is 0.339 e. The summed E-state index contributed by atoms with van der Waals surface area (Å²) in [4.78, 5) is 27.0. The number of hydrogen-bond donors (Lipinski definition) is 4. The molecule has 72 valence electrons. The van der Waals surface area contributed by atoms with E-state index in [1.165, 1.54) is 6.92 Å². The van der Waals surface area contributed by atoms with Crippen LogP contribution in [0.2, 0.25) is 0 Å². The molecule has 0 rings (SSSR count). The summed E-state index contributed by atoms with van der Waals surface area (Å²) in [6.07, 6.45) is -1.17. The lowest BCUT2D eigenvalue weighted by molar-refractivity contribution is -0.111. The van der Waals surface area contributed by atoms with E-state index in [1.807, 2.05) is 0 Å². The zero-order chi connectivity index (χ0) is 9.78. The lowest BCUT2D eigenvalue weighted by Gasteiger charge is -2.15. The molecule has 2 atom stereocenters. The van der Waals surface area contributed by atoms with Gasteiger partial charge >= 0.3 is 7.60 Å². The first-order valence-corrected chi connectivity index (χ1v) is 5.08. The summed E-state index contributed by atoms with van der Waals surface area (Å²) in [6, 6.07) is -0.933. The summed E-state index contributed by atoms with van der Waals surface area (Å²) in [7, 11) is -4.15. The molecule has 0 bridgehead atoms. The van der Waals surface area contributed by atoms with Crippen LogP contribution in [-0.4, -0.2) is 39.6 Å². The number of rotatable bonds is 5. The molecule has 2 unspecified atom stereocenters. The minimum absolute atomic E-state index is 0.403. The summed E-state index contributed by atoms with van der Waals surface area (Å²) in [5, 5.41) is 11.1. The van der Waals surface area contributed by atoms with Crippen molar-refractivity contribution in [2.75, 3.05) is 6.29 Å². The topological polar surface area (TPSA) is 107 Å². The van der Waals surface area contributed by atoms with E-state index in [9.17, 15) is 9.36 Å². The summed E-state index contributed by atoms with van der Waals surface area (Å²) in [5.74, 6) is 0. The first-order valence-electron chi connectivity index (χ1n) is 3.28. The number of aliphatic hydroxyl groups is 1. The fourth-order valence-corrected chi connectivity index (χ4v) is 1.01. The third-order valence-electron chi connectivity index (χ3n) is 1.20. The van der Waals surface area contributed by atoms with E-state index in [2.05, 4.69) is 5.32 Å². The lowest BCUT2D eigenvalue weighted by atomic mass is 10.2. The normalized spacial score (nSPS) is 17.0. The molecule has 7 heteroatoms. The quantitative estimate of drug-likeness (QED) is 0.321. The molecular formula is C5H12NO5P. The van der Waals surface area contributed by atoms with E-state index in [4.69, 9.17) is 14.9 Å². The van der Waals surface area contributed by atoms with Gasteiger partial charge in [-0.15, -0.1) is 0 Å². The van der Waals surface area contributed by atoms with E-state index in [1.54, 1.807) is 0 Å². The van der Waals surface area contributed by atoms with E-state index < -0.39 is 26.0 Å². The van der Waals surface area contributed by atoms with Gasteiger partial charge in [0.2, 0.25) is 0 Å². The van der Waals surface area contributed by atoms with Crippen molar-refractivity contribution in [1.29, 1.82) is 0 Å². The van der Waals surface area contributed by atoms with Gasteiger partial charge in [-0.05, 0) is 6.92 Å². The molecule has 0 aromatic heterocycles. The van der Waals surface area contributed by atoms with Crippen LogP contribution in [0, 0.1) is 0 Å². The molecule has 0 aliphatic carbocycles. The van der Waals surface area contributed by atoms with Crippen molar-refractivity contribution in [2.24, 2.45) is 0 Å². The largest absolute Gasteiger partial charge is 0.391 e. The minimum Gasteiger partial charge on any atom is -0.391 e. The Hall–Kier alpha value is -0.260. The molecule has 0 radical (unpaired) electrons. The van der Waals surface area contributed by atoms with Crippen molar-refractivity contribution in [1.82, 2.24) is 5.32 Å². The van der Waals surface area contributed by atoms with Crippen LogP contribution >= 0.6 is 7.60 Å². The third kappa shape index (κ3) is 5.40. The van der Waals surface area contributed by atoms with E-state index in [0.717, 1.165) is 0 Å². The second kappa shape index (κ2) is 4.69. The second-order valence-electron chi connectivity index (χ2n) is 2.43. The molecule has 0 aliphatic rings. The monoisotopic (exact) mass is 197 g/mol. The highest BCUT2D eigenvalue weighted by molar-refractivity contribution is 7.51. The van der Waals surface area contributed by atoms with Crippen LogP contribution < -0.4 is 5.32 Å². The van der Waals surface area contributed by atoms with Gasteiger partial charge in [0.25, 0.3) is 0 Å². The predicted molar refractivity (Wildman–Crippen MR) is 41.6 cm³/mol. The number of carbonyl (C=O) groups is 1. The molecule has 0 aromatic rings. The van der Waals surface area contributed by atoms with Crippen molar-refractivity contribution >= 4 is 13.9 Å². The van der Waals surface area contributed by atoms with Crippen molar-refractivity contribution in [3.63, 3.8) is 0 Å². The van der Waals surface area contributed by atoms with Gasteiger partial charge in [0.05, 0.1) is 18.4 Å². The summed E-state index contributed by atoms with van der Waals surface area (Å²) >= 11 is 0. The van der Waals surface area contributed by atoms with Crippen molar-refractivity contribution < 1.29 is 24.3 Å². The van der Waals surface area contributed by atoms with Crippen LogP contribution in [-0.2, 0) is 9.36 Å². The van der Waals surface area contributed by atoms with Crippen molar-refractivity contribution in [2.45, 2.75) is 19.1 Å². The van der Waals surface area contributed by atoms with E-state index in [-0.39, 0.29) is 0 Å². The average Bonchev–Trinajstić information content (AvgIpc) is 1.85. The SMILES string of the molecule is CC(O)C(C=O)NCP(=O)(O)O. The highest BCUT2D eigenvalue weighted by Gasteiger charge is 2.18. The molecule has 0 aromatic carbocycles. The molecule has 4 N–H and O–H groups in total. The third-order valence-corrected chi connectivity index (χ3v) is 1.79. The summed E-state index contributed by atoms with van der Waals surface area (Å²) in [6.45, 7) is 1.35. The maximum absolute atomic E-state index is 10.3. The maximum Gasteiger partial charge on any atom is 0.339 e. The van der Waals surface area contributed by atoms with Gasteiger partial charge in [0, 0.05) is 0 Å². The highest BCUT2D eigenvalue weighted by atomic mass is 31.2. The second-order valence-corrected chi connectivity index (χ2v) is 4.07. The van der Waals surface area contributed by atoms with Crippen LogP contribution in [0.1, 0.15) is 6.92 Å². The Morgan fingerprint density at radius 3 is 2.33 bits per heavy atom. The predicted octanol–water partition coefficient (Wildman–Crippen LogP) is -1.34. The first kappa shape index (κ1) is 11.7. The van der Waals surface area contributed by atoms with Crippen LogP contribution in [0.15, 0.2) is 0 Å². The summed E-state index contributed by atoms with van der Waals surface area (Å²) in [5.41, 5.74) is 0. The van der Waals surface area contributed by atoms with Crippen LogP contribution in [0.4, 0.5) is 0 Å². The Kier molecular flexibility index (Phi) is 4.59. The van der Waals surface area contributed by atoms with Crippen molar-refractivity contribution in [3.8, 4) is 0 Å². The van der Waals surface area contributed by atoms with E-state index >= 15 is 0 Å². The Balaban J connectivity index is 3.90. The van der Waals surface area contributed by atoms with Gasteiger partial charge in [0.15, 0.2) is 0 Å². The Morgan fingerprint density at radius 2 is 2.08 bits per heavy atom. The van der Waals surface area contributed by atoms with Crippen LogP contribution in [0.3, 0.4) is 0 Å². The van der Waals surface area contributed by atoms with Crippen LogP contribution in [0.25, 0.3) is 0 Å². The number of aldehydes is 1. The standard InChI is InChI=1S/C5H12NO5P/c1-4(8)5(2-7)6-3-12(9,10)11/h2,4-6,8H,3H2,1H3,(H2,9,10,11). The first-order chi connectivity index (χ1) is 5.37. The molecule has 12 heavy (non-hydrogen) atoms. The van der Waals surface area contributed by atoms with Crippen LogP contribution in [0.5, 0.6) is 0 Å². The fraction of sp³-hybridized carbons (Fsp3) is 0.800. The molecule has 0 saturated heterocycles. The zero-order valence-electron chi connectivity index (χ0n) is 6.54. The summed E-state index contributed by atoms with van der Waals surface area (Å²) < 4.78 is 10.3. The van der Waals surface area contributed by atoms with Gasteiger partial charge < -0.3 is 19.7 Å². The molecule has 6 nitrogen and oxygen atoms in total. The molecule has 0 amide bonds. The maximum atomic E-state index is 10.3. The Bertz CT molecular complexity index is 188. The Labute approximate surface area is 69.8 Å². The van der Waals surface area contributed by atoms with Gasteiger partial charge in [-0.3, -0.25) is 9.88 Å². The molecular weight excluding hydrogens is 185 g/mol. The lowest BCUT2D eigenvalue weighted by Crippen LogP contribution is -2.39. The zero-order valence-corrected chi connectivity index (χ0v) is 7.44. The average molecular weight is 197 g/mol.